The summed E-state index contributed by atoms with van der Waals surface area (Å²) in [6.45, 7) is 3.11. The molecule has 1 aliphatic carbocycles. The highest BCUT2D eigenvalue weighted by Gasteiger charge is 2.30. The molecule has 2 rings (SSSR count). The van der Waals surface area contributed by atoms with Crippen molar-refractivity contribution in [1.29, 1.82) is 0 Å². The number of hydrogen-bond donors (Lipinski definition) is 1. The Bertz CT molecular complexity index is 122. The van der Waals surface area contributed by atoms with Crippen molar-refractivity contribution in [3.63, 3.8) is 0 Å². The predicted octanol–water partition coefficient (Wildman–Crippen LogP) is 0.916. The molecule has 0 radical (unpaired) electrons. The SMILES string of the molecule is C[C@@H]1OCC[C@H]1NC1CC1. The molecule has 2 atom stereocenters. The molecule has 2 aliphatic rings. The molecular weight excluding hydrogens is 126 g/mol. The zero-order chi connectivity index (χ0) is 6.97. The van der Waals surface area contributed by atoms with Crippen molar-refractivity contribution in [3.8, 4) is 0 Å². The number of nitrogens with one attached hydrogen (secondary N) is 1. The Morgan fingerprint density at radius 2 is 2.10 bits per heavy atom. The van der Waals surface area contributed by atoms with Crippen LogP contribution in [0.5, 0.6) is 0 Å². The Balaban J connectivity index is 1.79. The van der Waals surface area contributed by atoms with Gasteiger partial charge in [0.25, 0.3) is 0 Å². The molecule has 58 valence electrons. The van der Waals surface area contributed by atoms with Gasteiger partial charge < -0.3 is 10.1 Å². The van der Waals surface area contributed by atoms with E-state index in [4.69, 9.17) is 4.74 Å². The van der Waals surface area contributed by atoms with E-state index in [-0.39, 0.29) is 0 Å². The monoisotopic (exact) mass is 141 g/mol. The van der Waals surface area contributed by atoms with Crippen LogP contribution in [0.25, 0.3) is 0 Å². The van der Waals surface area contributed by atoms with Crippen LogP contribution in [0.1, 0.15) is 26.2 Å². The Morgan fingerprint density at radius 3 is 2.60 bits per heavy atom. The van der Waals surface area contributed by atoms with Crippen molar-refractivity contribution in [2.24, 2.45) is 0 Å². The van der Waals surface area contributed by atoms with Gasteiger partial charge in [-0.05, 0) is 26.2 Å². The molecule has 0 unspecified atom stereocenters. The van der Waals surface area contributed by atoms with Crippen molar-refractivity contribution < 1.29 is 4.74 Å². The summed E-state index contributed by atoms with van der Waals surface area (Å²) in [7, 11) is 0. The van der Waals surface area contributed by atoms with Crippen LogP contribution in [-0.2, 0) is 4.74 Å². The fourth-order valence-corrected chi connectivity index (χ4v) is 1.50. The lowest BCUT2D eigenvalue weighted by atomic mass is 10.1. The van der Waals surface area contributed by atoms with Crippen LogP contribution in [0.2, 0.25) is 0 Å². The first-order chi connectivity index (χ1) is 4.86. The predicted molar refractivity (Wildman–Crippen MR) is 40.0 cm³/mol. The Hall–Kier alpha value is -0.0800. The van der Waals surface area contributed by atoms with E-state index in [1.54, 1.807) is 0 Å². The molecule has 0 amide bonds. The molecule has 1 N–H and O–H groups in total. The second-order valence-electron chi connectivity index (χ2n) is 3.41. The highest BCUT2D eigenvalue weighted by atomic mass is 16.5. The van der Waals surface area contributed by atoms with Gasteiger partial charge in [-0.2, -0.15) is 0 Å². The quantitative estimate of drug-likeness (QED) is 0.617. The van der Waals surface area contributed by atoms with E-state index in [1.165, 1.54) is 19.3 Å². The van der Waals surface area contributed by atoms with Crippen molar-refractivity contribution in [3.05, 3.63) is 0 Å². The second kappa shape index (κ2) is 2.51. The van der Waals surface area contributed by atoms with Crippen molar-refractivity contribution >= 4 is 0 Å². The third-order valence-corrected chi connectivity index (χ3v) is 2.40. The maximum Gasteiger partial charge on any atom is 0.0700 e. The summed E-state index contributed by atoms with van der Waals surface area (Å²) < 4.78 is 5.43. The Morgan fingerprint density at radius 1 is 1.30 bits per heavy atom. The summed E-state index contributed by atoms with van der Waals surface area (Å²) in [6.07, 6.45) is 4.41. The van der Waals surface area contributed by atoms with E-state index >= 15 is 0 Å². The highest BCUT2D eigenvalue weighted by molar-refractivity contribution is 4.89. The lowest BCUT2D eigenvalue weighted by Crippen LogP contribution is -2.36. The van der Waals surface area contributed by atoms with E-state index in [2.05, 4.69) is 12.2 Å². The largest absolute Gasteiger partial charge is 0.377 e. The van der Waals surface area contributed by atoms with Gasteiger partial charge in [-0.1, -0.05) is 0 Å². The number of rotatable bonds is 2. The van der Waals surface area contributed by atoms with E-state index in [9.17, 15) is 0 Å². The number of hydrogen-bond acceptors (Lipinski definition) is 2. The van der Waals surface area contributed by atoms with Crippen LogP contribution >= 0.6 is 0 Å². The lowest BCUT2D eigenvalue weighted by molar-refractivity contribution is 0.113. The molecule has 10 heavy (non-hydrogen) atoms. The standard InChI is InChI=1S/C8H15NO/c1-6-8(4-5-10-6)9-7-2-3-7/h6-9H,2-5H2,1H3/t6-,8+/m0/s1. The summed E-state index contributed by atoms with van der Waals surface area (Å²) in [6, 6.07) is 1.47. The van der Waals surface area contributed by atoms with Crippen LogP contribution in [0, 0.1) is 0 Å². The fraction of sp³-hybridized carbons (Fsp3) is 1.00. The molecule has 2 nitrogen and oxygen atoms in total. The third kappa shape index (κ3) is 1.32. The maximum atomic E-state index is 5.43. The normalized spacial score (nSPS) is 40.5. The minimum atomic E-state index is 0.445. The summed E-state index contributed by atoms with van der Waals surface area (Å²) in [4.78, 5) is 0. The van der Waals surface area contributed by atoms with Crippen molar-refractivity contribution in [2.45, 2.75) is 44.4 Å². The van der Waals surface area contributed by atoms with Gasteiger partial charge in [0.1, 0.15) is 0 Å². The maximum absolute atomic E-state index is 5.43. The molecular formula is C8H15NO. The van der Waals surface area contributed by atoms with E-state index in [0.717, 1.165) is 12.6 Å². The lowest BCUT2D eigenvalue weighted by Gasteiger charge is -2.14. The van der Waals surface area contributed by atoms with Crippen LogP contribution < -0.4 is 5.32 Å². The first-order valence-corrected chi connectivity index (χ1v) is 4.24. The molecule has 0 aromatic carbocycles. The molecule has 1 heterocycles. The van der Waals surface area contributed by atoms with Crippen LogP contribution in [0.3, 0.4) is 0 Å². The second-order valence-corrected chi connectivity index (χ2v) is 3.41. The molecule has 2 fully saturated rings. The molecule has 1 saturated heterocycles. The summed E-state index contributed by atoms with van der Waals surface area (Å²) in [5.74, 6) is 0. The smallest absolute Gasteiger partial charge is 0.0700 e. The third-order valence-electron chi connectivity index (χ3n) is 2.40. The fourth-order valence-electron chi connectivity index (χ4n) is 1.50. The van der Waals surface area contributed by atoms with E-state index in [1.807, 2.05) is 0 Å². The van der Waals surface area contributed by atoms with Gasteiger partial charge in [-0.3, -0.25) is 0 Å². The first kappa shape index (κ1) is 6.62. The van der Waals surface area contributed by atoms with Gasteiger partial charge in [-0.25, -0.2) is 0 Å². The van der Waals surface area contributed by atoms with Gasteiger partial charge in [-0.15, -0.1) is 0 Å². The molecule has 2 heteroatoms. The van der Waals surface area contributed by atoms with Crippen LogP contribution in [0.15, 0.2) is 0 Å². The van der Waals surface area contributed by atoms with Gasteiger partial charge in [0.15, 0.2) is 0 Å². The molecule has 0 bridgehead atoms. The highest BCUT2D eigenvalue weighted by Crippen LogP contribution is 2.23. The summed E-state index contributed by atoms with van der Waals surface area (Å²) >= 11 is 0. The van der Waals surface area contributed by atoms with Gasteiger partial charge in [0.2, 0.25) is 0 Å². The van der Waals surface area contributed by atoms with Crippen molar-refractivity contribution in [2.75, 3.05) is 6.61 Å². The van der Waals surface area contributed by atoms with E-state index in [0.29, 0.717) is 12.1 Å². The molecule has 0 spiro atoms. The van der Waals surface area contributed by atoms with Gasteiger partial charge >= 0.3 is 0 Å². The van der Waals surface area contributed by atoms with Crippen LogP contribution in [0.4, 0.5) is 0 Å². The summed E-state index contributed by atoms with van der Waals surface area (Å²) in [5.41, 5.74) is 0. The first-order valence-electron chi connectivity index (χ1n) is 4.24. The Labute approximate surface area is 61.9 Å². The van der Waals surface area contributed by atoms with Gasteiger partial charge in [0.05, 0.1) is 6.10 Å². The zero-order valence-electron chi connectivity index (χ0n) is 6.47. The van der Waals surface area contributed by atoms with E-state index < -0.39 is 0 Å². The van der Waals surface area contributed by atoms with Crippen LogP contribution in [-0.4, -0.2) is 24.8 Å². The van der Waals surface area contributed by atoms with Gasteiger partial charge in [0, 0.05) is 18.7 Å². The minimum Gasteiger partial charge on any atom is -0.377 e. The molecule has 0 aromatic heterocycles. The molecule has 1 saturated carbocycles. The number of ether oxygens (including phenoxy) is 1. The average Bonchev–Trinajstić information content (AvgIpc) is 2.62. The topological polar surface area (TPSA) is 21.3 Å². The molecule has 0 aromatic rings. The average molecular weight is 141 g/mol. The van der Waals surface area contributed by atoms with Crippen molar-refractivity contribution in [1.82, 2.24) is 5.32 Å². The zero-order valence-corrected chi connectivity index (χ0v) is 6.47. The Kier molecular flexibility index (Phi) is 1.66. The minimum absolute atomic E-state index is 0.445. The molecule has 1 aliphatic heterocycles. The summed E-state index contributed by atoms with van der Waals surface area (Å²) in [5, 5.41) is 3.58.